The van der Waals surface area contributed by atoms with Gasteiger partial charge in [-0.2, -0.15) is 36.3 Å². The molecular weight excluding hydrogens is 394 g/mol. The summed E-state index contributed by atoms with van der Waals surface area (Å²) in [5.74, 6) is -0.378. The standard InChI is InChI=1S/C13H9ClF6N4O2/c14-7-1-3-8(4-2-7)21-9-22-10(25-5-12(15,16)17)24-11(23-9)26-6-13(18,19)20/h1-4H,5-6H2,(H,21,22,23,24). The Balaban J connectivity index is 2.22. The minimum absolute atomic E-state index is 0.365. The highest BCUT2D eigenvalue weighted by atomic mass is 35.5. The summed E-state index contributed by atoms with van der Waals surface area (Å²) >= 11 is 5.71. The third-order valence-corrected chi connectivity index (χ3v) is 2.68. The Kier molecular flexibility index (Phi) is 5.95. The van der Waals surface area contributed by atoms with Crippen molar-refractivity contribution in [2.45, 2.75) is 12.4 Å². The van der Waals surface area contributed by atoms with Crippen molar-refractivity contribution in [2.75, 3.05) is 18.5 Å². The fraction of sp³-hybridized carbons (Fsp3) is 0.308. The van der Waals surface area contributed by atoms with Gasteiger partial charge in [0, 0.05) is 10.7 Å². The predicted molar refractivity (Wildman–Crippen MR) is 77.7 cm³/mol. The van der Waals surface area contributed by atoms with E-state index in [0.29, 0.717) is 10.7 Å². The maximum atomic E-state index is 12.2. The van der Waals surface area contributed by atoms with Gasteiger partial charge in [-0.15, -0.1) is 4.98 Å². The molecule has 0 radical (unpaired) electrons. The SMILES string of the molecule is FC(F)(F)COc1nc(Nc2ccc(Cl)cc2)nc(OCC(F)(F)F)n1. The molecule has 142 valence electrons. The normalized spacial score (nSPS) is 12.0. The quantitative estimate of drug-likeness (QED) is 0.732. The lowest BCUT2D eigenvalue weighted by Gasteiger charge is -2.12. The number of benzene rings is 1. The lowest BCUT2D eigenvalue weighted by atomic mass is 10.3. The summed E-state index contributed by atoms with van der Waals surface area (Å²) in [5, 5.41) is 2.97. The Morgan fingerprint density at radius 1 is 0.808 bits per heavy atom. The molecule has 1 heterocycles. The number of anilines is 2. The number of hydrogen-bond donors (Lipinski definition) is 1. The molecule has 1 aromatic heterocycles. The molecule has 0 bridgehead atoms. The van der Waals surface area contributed by atoms with Crippen LogP contribution in [0.25, 0.3) is 0 Å². The topological polar surface area (TPSA) is 69.2 Å². The Bertz CT molecular complexity index is 703. The van der Waals surface area contributed by atoms with E-state index in [4.69, 9.17) is 11.6 Å². The predicted octanol–water partition coefficient (Wildman–Crippen LogP) is 4.15. The number of rotatable bonds is 6. The maximum absolute atomic E-state index is 12.2. The maximum Gasteiger partial charge on any atom is 0.422 e. The van der Waals surface area contributed by atoms with E-state index in [9.17, 15) is 26.3 Å². The highest BCUT2D eigenvalue weighted by molar-refractivity contribution is 6.30. The summed E-state index contributed by atoms with van der Waals surface area (Å²) in [6, 6.07) is 4.24. The average Bonchev–Trinajstić information content (AvgIpc) is 2.52. The second-order valence-electron chi connectivity index (χ2n) is 4.66. The lowest BCUT2D eigenvalue weighted by molar-refractivity contribution is -0.156. The fourth-order valence-corrected chi connectivity index (χ4v) is 1.60. The molecule has 0 aliphatic rings. The number of ether oxygens (including phenoxy) is 2. The fourth-order valence-electron chi connectivity index (χ4n) is 1.48. The molecule has 2 rings (SSSR count). The van der Waals surface area contributed by atoms with Gasteiger partial charge in [-0.25, -0.2) is 0 Å². The Morgan fingerprint density at radius 2 is 1.27 bits per heavy atom. The molecule has 0 atom stereocenters. The van der Waals surface area contributed by atoms with E-state index in [-0.39, 0.29) is 5.95 Å². The summed E-state index contributed by atoms with van der Waals surface area (Å²) in [6.45, 7) is -3.48. The highest BCUT2D eigenvalue weighted by Crippen LogP contribution is 2.22. The van der Waals surface area contributed by atoms with Gasteiger partial charge in [0.2, 0.25) is 5.95 Å². The minimum Gasteiger partial charge on any atom is -0.454 e. The van der Waals surface area contributed by atoms with Crippen molar-refractivity contribution < 1.29 is 35.8 Å². The summed E-state index contributed by atoms with van der Waals surface area (Å²) in [7, 11) is 0. The van der Waals surface area contributed by atoms with Gasteiger partial charge in [-0.1, -0.05) is 11.6 Å². The molecular formula is C13H9ClF6N4O2. The molecule has 0 amide bonds. The first kappa shape index (κ1) is 19.8. The van der Waals surface area contributed by atoms with E-state index in [1.807, 2.05) is 0 Å². The molecule has 6 nitrogen and oxygen atoms in total. The zero-order chi connectivity index (χ0) is 19.4. The third-order valence-electron chi connectivity index (χ3n) is 2.42. The molecule has 13 heteroatoms. The molecule has 0 aliphatic carbocycles. The summed E-state index contributed by atoms with van der Waals surface area (Å²) in [4.78, 5) is 10.4. The van der Waals surface area contributed by atoms with Crippen LogP contribution in [0.15, 0.2) is 24.3 Å². The van der Waals surface area contributed by atoms with E-state index in [0.717, 1.165) is 0 Å². The van der Waals surface area contributed by atoms with Crippen LogP contribution in [-0.2, 0) is 0 Å². The van der Waals surface area contributed by atoms with Crippen LogP contribution in [0.2, 0.25) is 5.02 Å². The van der Waals surface area contributed by atoms with Crippen LogP contribution in [0.4, 0.5) is 38.0 Å². The summed E-state index contributed by atoms with van der Waals surface area (Å²) in [6.07, 6.45) is -9.38. The first-order valence-corrected chi connectivity index (χ1v) is 7.06. The smallest absolute Gasteiger partial charge is 0.422 e. The molecule has 0 unspecified atom stereocenters. The van der Waals surface area contributed by atoms with Crippen LogP contribution in [-0.4, -0.2) is 40.5 Å². The largest absolute Gasteiger partial charge is 0.454 e. The van der Waals surface area contributed by atoms with Crippen molar-refractivity contribution in [3.8, 4) is 12.0 Å². The molecule has 1 aromatic carbocycles. The van der Waals surface area contributed by atoms with E-state index < -0.39 is 37.6 Å². The lowest BCUT2D eigenvalue weighted by Crippen LogP contribution is -2.22. The number of nitrogens with zero attached hydrogens (tertiary/aromatic N) is 3. The van der Waals surface area contributed by atoms with E-state index >= 15 is 0 Å². The molecule has 0 aliphatic heterocycles. The first-order valence-electron chi connectivity index (χ1n) is 6.68. The van der Waals surface area contributed by atoms with Gasteiger partial charge >= 0.3 is 24.4 Å². The van der Waals surface area contributed by atoms with Gasteiger partial charge in [0.1, 0.15) is 0 Å². The number of nitrogens with one attached hydrogen (secondary N) is 1. The monoisotopic (exact) mass is 402 g/mol. The van der Waals surface area contributed by atoms with Crippen molar-refractivity contribution in [1.82, 2.24) is 15.0 Å². The van der Waals surface area contributed by atoms with Crippen LogP contribution in [0, 0.1) is 0 Å². The number of hydrogen-bond acceptors (Lipinski definition) is 6. The molecule has 0 fully saturated rings. The van der Waals surface area contributed by atoms with Gasteiger partial charge in [0.05, 0.1) is 0 Å². The molecule has 26 heavy (non-hydrogen) atoms. The molecule has 1 N–H and O–H groups in total. The van der Waals surface area contributed by atoms with Crippen molar-refractivity contribution in [3.05, 3.63) is 29.3 Å². The highest BCUT2D eigenvalue weighted by Gasteiger charge is 2.31. The van der Waals surface area contributed by atoms with Gasteiger partial charge in [-0.3, -0.25) is 0 Å². The van der Waals surface area contributed by atoms with E-state index in [1.54, 1.807) is 0 Å². The van der Waals surface area contributed by atoms with Gasteiger partial charge < -0.3 is 14.8 Å². The van der Waals surface area contributed by atoms with Crippen LogP contribution < -0.4 is 14.8 Å². The van der Waals surface area contributed by atoms with Crippen LogP contribution in [0.1, 0.15) is 0 Å². The van der Waals surface area contributed by atoms with Crippen molar-refractivity contribution in [2.24, 2.45) is 0 Å². The van der Waals surface area contributed by atoms with Crippen molar-refractivity contribution in [3.63, 3.8) is 0 Å². The van der Waals surface area contributed by atoms with Crippen molar-refractivity contribution >= 4 is 23.2 Å². The number of halogens is 7. The van der Waals surface area contributed by atoms with Gasteiger partial charge in [-0.05, 0) is 24.3 Å². The molecule has 0 spiro atoms. The Morgan fingerprint density at radius 3 is 1.69 bits per heavy atom. The number of aromatic nitrogens is 3. The van der Waals surface area contributed by atoms with Gasteiger partial charge in [0.25, 0.3) is 0 Å². The summed E-state index contributed by atoms with van der Waals surface area (Å²) < 4.78 is 82.0. The zero-order valence-corrected chi connectivity index (χ0v) is 13.3. The van der Waals surface area contributed by atoms with Crippen LogP contribution in [0.3, 0.4) is 0 Å². The minimum atomic E-state index is -4.69. The van der Waals surface area contributed by atoms with E-state index in [1.165, 1.54) is 24.3 Å². The third kappa shape index (κ3) is 7.17. The molecule has 0 saturated heterocycles. The van der Waals surface area contributed by atoms with Crippen LogP contribution >= 0.6 is 11.6 Å². The van der Waals surface area contributed by atoms with Crippen LogP contribution in [0.5, 0.6) is 12.0 Å². The summed E-state index contributed by atoms with van der Waals surface area (Å²) in [5.41, 5.74) is 0.365. The van der Waals surface area contributed by atoms with Gasteiger partial charge in [0.15, 0.2) is 13.2 Å². The second-order valence-corrected chi connectivity index (χ2v) is 5.10. The Labute approximate surface area is 147 Å². The Hall–Kier alpha value is -2.50. The molecule has 0 saturated carbocycles. The number of alkyl halides is 6. The zero-order valence-electron chi connectivity index (χ0n) is 12.5. The van der Waals surface area contributed by atoms with Crippen molar-refractivity contribution in [1.29, 1.82) is 0 Å². The molecule has 2 aromatic rings. The average molecular weight is 403 g/mol. The second kappa shape index (κ2) is 7.81. The van der Waals surface area contributed by atoms with E-state index in [2.05, 4.69) is 29.7 Å². The first-order chi connectivity index (χ1) is 12.0.